The van der Waals surface area contributed by atoms with Crippen LogP contribution in [0, 0.1) is 5.82 Å². The van der Waals surface area contributed by atoms with E-state index in [1.54, 1.807) is 11.8 Å². The summed E-state index contributed by atoms with van der Waals surface area (Å²) >= 11 is 3.20. The summed E-state index contributed by atoms with van der Waals surface area (Å²) in [5, 5.41) is 0. The maximum atomic E-state index is 13.1. The molecule has 1 fully saturated rings. The number of amides is 1. The van der Waals surface area contributed by atoms with E-state index in [1.807, 2.05) is 0 Å². The minimum absolute atomic E-state index is 0.147. The predicted octanol–water partition coefficient (Wildman–Crippen LogP) is 1.90. The van der Waals surface area contributed by atoms with E-state index in [2.05, 4.69) is 20.7 Å². The molecule has 0 aromatic heterocycles. The highest BCUT2D eigenvalue weighted by Crippen LogP contribution is 2.27. The first-order chi connectivity index (χ1) is 11.2. The highest BCUT2D eigenvalue weighted by atomic mass is 79.9. The molecule has 1 amide bonds. The third kappa shape index (κ3) is 5.42. The van der Waals surface area contributed by atoms with Gasteiger partial charge in [-0.3, -0.25) is 4.79 Å². The number of hydrogen-bond donors (Lipinski definition) is 1. The Morgan fingerprint density at radius 2 is 2.04 bits per heavy atom. The molecule has 1 heterocycles. The van der Waals surface area contributed by atoms with Crippen molar-refractivity contribution in [1.82, 2.24) is 9.62 Å². The highest BCUT2D eigenvalue weighted by Gasteiger charge is 2.28. The summed E-state index contributed by atoms with van der Waals surface area (Å²) in [6.07, 6.45) is 1.53. The molecule has 134 valence electrons. The summed E-state index contributed by atoms with van der Waals surface area (Å²) in [7, 11) is -3.24. The van der Waals surface area contributed by atoms with E-state index in [9.17, 15) is 17.6 Å². The normalized spacial score (nSPS) is 17.6. The van der Waals surface area contributed by atoms with Crippen LogP contribution in [0.5, 0.6) is 5.75 Å². The minimum Gasteiger partial charge on any atom is -0.480 e. The van der Waals surface area contributed by atoms with Gasteiger partial charge in [0.1, 0.15) is 11.6 Å². The lowest BCUT2D eigenvalue weighted by atomic mass is 10.1. The Morgan fingerprint density at radius 1 is 1.42 bits per heavy atom. The van der Waals surface area contributed by atoms with E-state index in [0.717, 1.165) is 6.26 Å². The van der Waals surface area contributed by atoms with Crippen LogP contribution in [0.2, 0.25) is 0 Å². The molecule has 1 aromatic carbocycles. The van der Waals surface area contributed by atoms with Crippen molar-refractivity contribution in [2.45, 2.75) is 31.9 Å². The summed E-state index contributed by atoms with van der Waals surface area (Å²) in [6.45, 7) is 2.56. The molecule has 1 aromatic rings. The molecule has 0 saturated carbocycles. The molecule has 1 aliphatic heterocycles. The molecule has 0 spiro atoms. The summed E-state index contributed by atoms with van der Waals surface area (Å²) in [5.74, 6) is -0.177. The molecule has 1 saturated heterocycles. The molecule has 1 N–H and O–H groups in total. The van der Waals surface area contributed by atoms with Crippen LogP contribution in [0.15, 0.2) is 22.7 Å². The lowest BCUT2D eigenvalue weighted by Crippen LogP contribution is -2.49. The zero-order valence-electron chi connectivity index (χ0n) is 13.5. The molecular weight excluding hydrogens is 403 g/mol. The van der Waals surface area contributed by atoms with Gasteiger partial charge in [-0.15, -0.1) is 0 Å². The van der Waals surface area contributed by atoms with Crippen LogP contribution in [-0.4, -0.2) is 50.7 Å². The molecule has 0 bridgehead atoms. The van der Waals surface area contributed by atoms with Crippen molar-refractivity contribution in [2.24, 2.45) is 0 Å². The van der Waals surface area contributed by atoms with Gasteiger partial charge in [-0.1, -0.05) is 0 Å². The number of benzene rings is 1. The first kappa shape index (κ1) is 19.1. The topological polar surface area (TPSA) is 75.7 Å². The van der Waals surface area contributed by atoms with Crippen LogP contribution in [-0.2, 0) is 14.8 Å². The van der Waals surface area contributed by atoms with Gasteiger partial charge in [0.15, 0.2) is 6.10 Å². The maximum Gasteiger partial charge on any atom is 0.263 e. The average Bonchev–Trinajstić information content (AvgIpc) is 2.48. The van der Waals surface area contributed by atoms with Gasteiger partial charge in [0.2, 0.25) is 10.0 Å². The van der Waals surface area contributed by atoms with E-state index in [4.69, 9.17) is 4.74 Å². The minimum atomic E-state index is -3.24. The molecule has 6 nitrogen and oxygen atoms in total. The third-order valence-corrected chi connectivity index (χ3v) is 5.11. The number of nitrogens with zero attached hydrogens (tertiary/aromatic N) is 1. The SMILES string of the molecule is CC(Oc1ccc(F)cc1Br)C(=O)N1CCC(NS(C)(=O)=O)CC1. The van der Waals surface area contributed by atoms with Gasteiger partial charge < -0.3 is 9.64 Å². The summed E-state index contributed by atoms with van der Waals surface area (Å²) in [6, 6.07) is 3.85. The first-order valence-corrected chi connectivity index (χ1v) is 10.2. The van der Waals surface area contributed by atoms with Crippen molar-refractivity contribution < 1.29 is 22.3 Å². The molecule has 0 aliphatic carbocycles. The molecule has 0 radical (unpaired) electrons. The zero-order chi connectivity index (χ0) is 17.9. The Kier molecular flexibility index (Phi) is 6.22. The predicted molar refractivity (Wildman–Crippen MR) is 91.8 cm³/mol. The van der Waals surface area contributed by atoms with Gasteiger partial charge in [-0.2, -0.15) is 0 Å². The van der Waals surface area contributed by atoms with Crippen molar-refractivity contribution in [3.63, 3.8) is 0 Å². The zero-order valence-corrected chi connectivity index (χ0v) is 15.9. The molecule has 2 rings (SSSR count). The Labute approximate surface area is 149 Å². The van der Waals surface area contributed by atoms with Crippen molar-refractivity contribution in [3.8, 4) is 5.75 Å². The maximum absolute atomic E-state index is 13.1. The first-order valence-electron chi connectivity index (χ1n) is 7.53. The number of halogens is 2. The van der Waals surface area contributed by atoms with Crippen LogP contribution >= 0.6 is 15.9 Å². The lowest BCUT2D eigenvalue weighted by Gasteiger charge is -2.33. The number of sulfonamides is 1. The van der Waals surface area contributed by atoms with Crippen molar-refractivity contribution in [2.75, 3.05) is 19.3 Å². The van der Waals surface area contributed by atoms with Gasteiger partial charge in [-0.05, 0) is 53.9 Å². The number of ether oxygens (including phenoxy) is 1. The van der Waals surface area contributed by atoms with Gasteiger partial charge >= 0.3 is 0 Å². The fourth-order valence-corrected chi connectivity index (χ4v) is 3.87. The summed E-state index contributed by atoms with van der Waals surface area (Å²) < 4.78 is 44.2. The quantitative estimate of drug-likeness (QED) is 0.785. The van der Waals surface area contributed by atoms with Gasteiger partial charge in [0, 0.05) is 19.1 Å². The van der Waals surface area contributed by atoms with E-state index >= 15 is 0 Å². The van der Waals surface area contributed by atoms with Gasteiger partial charge in [0.05, 0.1) is 10.7 Å². The van der Waals surface area contributed by atoms with Crippen LogP contribution < -0.4 is 9.46 Å². The molecule has 24 heavy (non-hydrogen) atoms. The molecule has 9 heteroatoms. The third-order valence-electron chi connectivity index (χ3n) is 3.73. The van der Waals surface area contributed by atoms with E-state index < -0.39 is 21.9 Å². The Morgan fingerprint density at radius 3 is 2.58 bits per heavy atom. The number of likely N-dealkylation sites (tertiary alicyclic amines) is 1. The van der Waals surface area contributed by atoms with Crippen molar-refractivity contribution >= 4 is 31.9 Å². The largest absolute Gasteiger partial charge is 0.480 e. The van der Waals surface area contributed by atoms with E-state index in [1.165, 1.54) is 18.2 Å². The second-order valence-corrected chi connectivity index (χ2v) is 8.46. The Balaban J connectivity index is 1.90. The number of carbonyl (C=O) groups is 1. The van der Waals surface area contributed by atoms with Crippen LogP contribution in [0.25, 0.3) is 0 Å². The smallest absolute Gasteiger partial charge is 0.263 e. The average molecular weight is 423 g/mol. The number of piperidine rings is 1. The lowest BCUT2D eigenvalue weighted by molar-refractivity contribution is -0.139. The summed E-state index contributed by atoms with van der Waals surface area (Å²) in [4.78, 5) is 14.1. The van der Waals surface area contributed by atoms with Gasteiger partial charge in [0.25, 0.3) is 5.91 Å². The number of nitrogens with one attached hydrogen (secondary N) is 1. The van der Waals surface area contributed by atoms with Crippen molar-refractivity contribution in [1.29, 1.82) is 0 Å². The molecule has 1 unspecified atom stereocenters. The van der Waals surface area contributed by atoms with E-state index in [0.29, 0.717) is 36.2 Å². The number of hydrogen-bond acceptors (Lipinski definition) is 4. The second kappa shape index (κ2) is 7.79. The Hall–Kier alpha value is -1.19. The molecule has 1 atom stereocenters. The monoisotopic (exact) mass is 422 g/mol. The van der Waals surface area contributed by atoms with E-state index in [-0.39, 0.29) is 11.9 Å². The van der Waals surface area contributed by atoms with Crippen LogP contribution in [0.1, 0.15) is 19.8 Å². The standard InChI is InChI=1S/C15H20BrFN2O4S/c1-10(23-14-4-3-11(17)9-13(14)16)15(20)19-7-5-12(6-8-19)18-24(2,21)22/h3-4,9-10,12,18H,5-8H2,1-2H3. The number of carbonyl (C=O) groups excluding carboxylic acids is 1. The van der Waals surface area contributed by atoms with Gasteiger partial charge in [-0.25, -0.2) is 17.5 Å². The molecular formula is C15H20BrFN2O4S. The van der Waals surface area contributed by atoms with Crippen LogP contribution in [0.3, 0.4) is 0 Å². The second-order valence-electron chi connectivity index (χ2n) is 5.82. The van der Waals surface area contributed by atoms with Crippen LogP contribution in [0.4, 0.5) is 4.39 Å². The fraction of sp³-hybridized carbons (Fsp3) is 0.533. The van der Waals surface area contributed by atoms with Crippen molar-refractivity contribution in [3.05, 3.63) is 28.5 Å². The summed E-state index contributed by atoms with van der Waals surface area (Å²) in [5.41, 5.74) is 0. The Bertz CT molecular complexity index is 705. The highest BCUT2D eigenvalue weighted by molar-refractivity contribution is 9.10. The number of rotatable bonds is 5. The fourth-order valence-electron chi connectivity index (χ4n) is 2.59. The molecule has 1 aliphatic rings.